The van der Waals surface area contributed by atoms with E-state index >= 15 is 0 Å². The summed E-state index contributed by atoms with van der Waals surface area (Å²) in [5, 5.41) is 2.88. The number of carbonyl (C=O) groups is 1. The van der Waals surface area contributed by atoms with Crippen LogP contribution >= 0.6 is 0 Å². The molecule has 1 saturated heterocycles. The molecule has 2 atom stereocenters. The van der Waals surface area contributed by atoms with Gasteiger partial charge in [0, 0.05) is 12.2 Å². The van der Waals surface area contributed by atoms with E-state index in [-0.39, 0.29) is 22.9 Å². The van der Waals surface area contributed by atoms with E-state index in [9.17, 15) is 13.2 Å². The zero-order valence-corrected chi connectivity index (χ0v) is 12.9. The SMILES string of the molecule is CNS(=O)(=O)c1ccc(C(=O)N[C@H](C)[C@@H]2CCCO2)cc1. The molecule has 0 unspecified atom stereocenters. The number of nitrogens with one attached hydrogen (secondary N) is 2. The predicted molar refractivity (Wildman–Crippen MR) is 78.6 cm³/mol. The van der Waals surface area contributed by atoms with Crippen LogP contribution in [0.4, 0.5) is 0 Å². The van der Waals surface area contributed by atoms with Gasteiger partial charge in [-0.25, -0.2) is 13.1 Å². The normalized spacial score (nSPS) is 20.2. The fraction of sp³-hybridized carbons (Fsp3) is 0.500. The number of ether oxygens (including phenoxy) is 1. The summed E-state index contributed by atoms with van der Waals surface area (Å²) in [4.78, 5) is 12.2. The van der Waals surface area contributed by atoms with Gasteiger partial charge in [-0.05, 0) is 51.1 Å². The lowest BCUT2D eigenvalue weighted by molar-refractivity contribution is 0.0712. The second-order valence-corrected chi connectivity index (χ2v) is 6.93. The van der Waals surface area contributed by atoms with Crippen molar-refractivity contribution in [3.8, 4) is 0 Å². The molecule has 2 N–H and O–H groups in total. The molecule has 0 aromatic heterocycles. The summed E-state index contributed by atoms with van der Waals surface area (Å²) in [5.41, 5.74) is 0.426. The Bertz CT molecular complexity index is 592. The highest BCUT2D eigenvalue weighted by Gasteiger charge is 2.24. The monoisotopic (exact) mass is 312 g/mol. The van der Waals surface area contributed by atoms with Crippen LogP contribution in [0.1, 0.15) is 30.1 Å². The number of hydrogen-bond acceptors (Lipinski definition) is 4. The van der Waals surface area contributed by atoms with Crippen LogP contribution in [0.15, 0.2) is 29.2 Å². The van der Waals surface area contributed by atoms with Crippen molar-refractivity contribution in [1.29, 1.82) is 0 Å². The third kappa shape index (κ3) is 3.81. The van der Waals surface area contributed by atoms with E-state index in [1.165, 1.54) is 31.3 Å². The van der Waals surface area contributed by atoms with Gasteiger partial charge in [0.05, 0.1) is 17.0 Å². The van der Waals surface area contributed by atoms with Crippen molar-refractivity contribution in [2.75, 3.05) is 13.7 Å². The summed E-state index contributed by atoms with van der Waals surface area (Å²) in [7, 11) is -2.13. The lowest BCUT2D eigenvalue weighted by atomic mass is 10.1. The van der Waals surface area contributed by atoms with Crippen molar-refractivity contribution in [3.05, 3.63) is 29.8 Å². The maximum absolute atomic E-state index is 12.1. The number of benzene rings is 1. The standard InChI is InChI=1S/C14H20N2O4S/c1-10(13-4-3-9-20-13)16-14(17)11-5-7-12(8-6-11)21(18,19)15-2/h5-8,10,13,15H,3-4,9H2,1-2H3,(H,16,17)/t10-,13+/m1/s1. The topological polar surface area (TPSA) is 84.5 Å². The van der Waals surface area contributed by atoms with Crippen LogP contribution in [0.2, 0.25) is 0 Å². The van der Waals surface area contributed by atoms with Crippen LogP contribution in [0.25, 0.3) is 0 Å². The minimum absolute atomic E-state index is 0.0536. The Morgan fingerprint density at radius 3 is 2.52 bits per heavy atom. The van der Waals surface area contributed by atoms with Gasteiger partial charge >= 0.3 is 0 Å². The lowest BCUT2D eigenvalue weighted by Gasteiger charge is -2.20. The molecule has 116 valence electrons. The van der Waals surface area contributed by atoms with Gasteiger partial charge in [-0.3, -0.25) is 4.79 Å². The molecule has 2 rings (SSSR count). The number of amides is 1. The summed E-state index contributed by atoms with van der Waals surface area (Å²) >= 11 is 0. The van der Waals surface area contributed by atoms with Gasteiger partial charge in [0.2, 0.25) is 10.0 Å². The molecule has 0 bridgehead atoms. The molecule has 0 aliphatic carbocycles. The first-order chi connectivity index (χ1) is 9.94. The summed E-state index contributed by atoms with van der Waals surface area (Å²) < 4.78 is 31.0. The number of carbonyl (C=O) groups excluding carboxylic acids is 1. The van der Waals surface area contributed by atoms with Gasteiger partial charge in [-0.2, -0.15) is 0 Å². The molecule has 1 aliphatic heterocycles. The Morgan fingerprint density at radius 1 is 1.33 bits per heavy atom. The number of hydrogen-bond donors (Lipinski definition) is 2. The fourth-order valence-electron chi connectivity index (χ4n) is 2.28. The average Bonchev–Trinajstić information content (AvgIpc) is 3.01. The molecule has 21 heavy (non-hydrogen) atoms. The Labute approximate surface area is 124 Å². The molecule has 1 amide bonds. The van der Waals surface area contributed by atoms with E-state index < -0.39 is 10.0 Å². The van der Waals surface area contributed by atoms with Crippen LogP contribution in [0.5, 0.6) is 0 Å². The molecule has 0 saturated carbocycles. The summed E-state index contributed by atoms with van der Waals surface area (Å²) in [5.74, 6) is -0.230. The highest BCUT2D eigenvalue weighted by atomic mass is 32.2. The second kappa shape index (κ2) is 6.55. The largest absolute Gasteiger partial charge is 0.376 e. The maximum Gasteiger partial charge on any atom is 0.251 e. The summed E-state index contributed by atoms with van der Waals surface area (Å²) in [6.45, 7) is 2.65. The highest BCUT2D eigenvalue weighted by Crippen LogP contribution is 2.16. The number of rotatable bonds is 5. The van der Waals surface area contributed by atoms with E-state index in [1.807, 2.05) is 6.92 Å². The fourth-order valence-corrected chi connectivity index (χ4v) is 3.01. The van der Waals surface area contributed by atoms with Crippen molar-refractivity contribution in [2.24, 2.45) is 0 Å². The highest BCUT2D eigenvalue weighted by molar-refractivity contribution is 7.89. The lowest BCUT2D eigenvalue weighted by Crippen LogP contribution is -2.40. The zero-order chi connectivity index (χ0) is 15.5. The molecule has 1 fully saturated rings. The van der Waals surface area contributed by atoms with Crippen molar-refractivity contribution in [1.82, 2.24) is 10.0 Å². The van der Waals surface area contributed by atoms with Crippen molar-refractivity contribution >= 4 is 15.9 Å². The quantitative estimate of drug-likeness (QED) is 0.846. The van der Waals surface area contributed by atoms with Crippen LogP contribution in [0, 0.1) is 0 Å². The molecule has 1 aromatic rings. The van der Waals surface area contributed by atoms with E-state index in [0.717, 1.165) is 19.4 Å². The molecule has 1 heterocycles. The number of sulfonamides is 1. The molecule has 1 aromatic carbocycles. The molecule has 7 heteroatoms. The predicted octanol–water partition coefficient (Wildman–Crippen LogP) is 0.892. The van der Waals surface area contributed by atoms with E-state index in [2.05, 4.69) is 10.0 Å². The molecule has 1 aliphatic rings. The zero-order valence-electron chi connectivity index (χ0n) is 12.1. The molecule has 0 spiro atoms. The molecular weight excluding hydrogens is 292 g/mol. The first-order valence-electron chi connectivity index (χ1n) is 6.90. The van der Waals surface area contributed by atoms with Crippen molar-refractivity contribution in [2.45, 2.75) is 36.8 Å². The average molecular weight is 312 g/mol. The maximum atomic E-state index is 12.1. The van der Waals surface area contributed by atoms with Gasteiger partial charge in [-0.1, -0.05) is 0 Å². The van der Waals surface area contributed by atoms with E-state index in [0.29, 0.717) is 5.56 Å². The Morgan fingerprint density at radius 2 is 2.00 bits per heavy atom. The van der Waals surface area contributed by atoms with Gasteiger partial charge in [0.1, 0.15) is 0 Å². The van der Waals surface area contributed by atoms with Crippen LogP contribution in [0.3, 0.4) is 0 Å². The van der Waals surface area contributed by atoms with Gasteiger partial charge in [0.15, 0.2) is 0 Å². The first-order valence-corrected chi connectivity index (χ1v) is 8.38. The van der Waals surface area contributed by atoms with Gasteiger partial charge in [-0.15, -0.1) is 0 Å². The third-order valence-electron chi connectivity index (χ3n) is 3.58. The minimum atomic E-state index is -3.48. The summed E-state index contributed by atoms with van der Waals surface area (Å²) in [6.07, 6.45) is 2.01. The van der Waals surface area contributed by atoms with Gasteiger partial charge < -0.3 is 10.1 Å². The van der Waals surface area contributed by atoms with Crippen molar-refractivity contribution < 1.29 is 17.9 Å². The van der Waals surface area contributed by atoms with Crippen LogP contribution < -0.4 is 10.0 Å². The van der Waals surface area contributed by atoms with Gasteiger partial charge in [0.25, 0.3) is 5.91 Å². The first kappa shape index (κ1) is 15.9. The van der Waals surface area contributed by atoms with E-state index in [4.69, 9.17) is 4.74 Å². The Balaban J connectivity index is 2.03. The molecule has 0 radical (unpaired) electrons. The second-order valence-electron chi connectivity index (χ2n) is 5.05. The van der Waals surface area contributed by atoms with Crippen molar-refractivity contribution in [3.63, 3.8) is 0 Å². The minimum Gasteiger partial charge on any atom is -0.376 e. The van der Waals surface area contributed by atoms with Crippen LogP contribution in [-0.2, 0) is 14.8 Å². The Kier molecular flexibility index (Phi) is 4.97. The van der Waals surface area contributed by atoms with Crippen LogP contribution in [-0.4, -0.2) is 40.1 Å². The van der Waals surface area contributed by atoms with E-state index in [1.54, 1.807) is 0 Å². The summed E-state index contributed by atoms with van der Waals surface area (Å²) in [6, 6.07) is 5.76. The molecular formula is C14H20N2O4S. The Hall–Kier alpha value is -1.44. The molecule has 6 nitrogen and oxygen atoms in total. The third-order valence-corrected chi connectivity index (χ3v) is 5.01. The smallest absolute Gasteiger partial charge is 0.251 e.